The molecular weight excluding hydrogens is 232 g/mol. The van der Waals surface area contributed by atoms with Crippen molar-refractivity contribution in [1.29, 1.82) is 0 Å². The van der Waals surface area contributed by atoms with Crippen molar-refractivity contribution in [3.05, 3.63) is 12.7 Å². The fraction of sp³-hybridized carbons (Fsp3) is 0.714. The van der Waals surface area contributed by atoms with Crippen LogP contribution in [0.3, 0.4) is 0 Å². The van der Waals surface area contributed by atoms with Crippen LogP contribution in [-0.2, 0) is 9.59 Å². The quantitative estimate of drug-likeness (QED) is 0.686. The van der Waals surface area contributed by atoms with Gasteiger partial charge in [0.1, 0.15) is 0 Å². The maximum absolute atomic E-state index is 11.8. The van der Waals surface area contributed by atoms with Crippen molar-refractivity contribution in [2.45, 2.75) is 47.0 Å². The van der Waals surface area contributed by atoms with E-state index in [9.17, 15) is 19.8 Å². The summed E-state index contributed by atoms with van der Waals surface area (Å²) in [4.78, 5) is 23.2. The van der Waals surface area contributed by atoms with Crippen molar-refractivity contribution >= 4 is 11.9 Å². The van der Waals surface area contributed by atoms with E-state index in [4.69, 9.17) is 0 Å². The molecule has 4 nitrogen and oxygen atoms in total. The summed E-state index contributed by atoms with van der Waals surface area (Å²) in [7, 11) is 0. The van der Waals surface area contributed by atoms with Crippen molar-refractivity contribution in [3.8, 4) is 0 Å². The molecule has 0 aliphatic heterocycles. The zero-order chi connectivity index (χ0) is 14.6. The first-order valence-corrected chi connectivity index (χ1v) is 6.22. The van der Waals surface area contributed by atoms with E-state index < -0.39 is 28.7 Å². The molecule has 0 aliphatic carbocycles. The Hall–Kier alpha value is -1.32. The third-order valence-corrected chi connectivity index (χ3v) is 3.66. The van der Waals surface area contributed by atoms with Crippen LogP contribution in [-0.4, -0.2) is 22.2 Å². The number of carboxylic acid groups (broad SMARTS) is 2. The Labute approximate surface area is 109 Å². The van der Waals surface area contributed by atoms with Crippen LogP contribution in [0.1, 0.15) is 47.0 Å². The molecule has 104 valence electrons. The van der Waals surface area contributed by atoms with Gasteiger partial charge >= 0.3 is 11.9 Å². The highest BCUT2D eigenvalue weighted by molar-refractivity contribution is 5.84. The van der Waals surface area contributed by atoms with E-state index in [1.807, 2.05) is 6.92 Å². The van der Waals surface area contributed by atoms with Gasteiger partial charge in [0.2, 0.25) is 0 Å². The molecule has 0 spiro atoms. The third-order valence-electron chi connectivity index (χ3n) is 3.66. The first-order valence-electron chi connectivity index (χ1n) is 6.22. The van der Waals surface area contributed by atoms with E-state index in [1.165, 1.54) is 6.08 Å². The molecule has 0 radical (unpaired) electrons. The van der Waals surface area contributed by atoms with Crippen LogP contribution in [0, 0.1) is 16.7 Å². The number of rotatable bonds is 7. The van der Waals surface area contributed by atoms with E-state index in [-0.39, 0.29) is 6.42 Å². The van der Waals surface area contributed by atoms with Crippen molar-refractivity contribution in [2.24, 2.45) is 16.7 Å². The average Bonchev–Trinajstić information content (AvgIpc) is 2.20. The second-order valence-corrected chi connectivity index (χ2v) is 5.69. The van der Waals surface area contributed by atoms with E-state index in [0.717, 1.165) is 0 Å². The third kappa shape index (κ3) is 2.92. The lowest BCUT2D eigenvalue weighted by atomic mass is 9.56. The molecule has 0 bridgehead atoms. The van der Waals surface area contributed by atoms with Crippen molar-refractivity contribution in [1.82, 2.24) is 0 Å². The summed E-state index contributed by atoms with van der Waals surface area (Å²) in [5.41, 5.74) is -1.91. The predicted molar refractivity (Wildman–Crippen MR) is 70.4 cm³/mol. The summed E-state index contributed by atoms with van der Waals surface area (Å²) in [6, 6.07) is 0. The minimum atomic E-state index is -1.28. The van der Waals surface area contributed by atoms with Crippen molar-refractivity contribution < 1.29 is 19.8 Å². The van der Waals surface area contributed by atoms with Gasteiger partial charge in [-0.25, -0.2) is 0 Å². The lowest BCUT2D eigenvalue weighted by Crippen LogP contribution is -2.51. The Morgan fingerprint density at radius 1 is 1.28 bits per heavy atom. The maximum atomic E-state index is 11.8. The summed E-state index contributed by atoms with van der Waals surface area (Å²) < 4.78 is 0. The normalized spacial score (nSPS) is 16.7. The predicted octanol–water partition coefficient (Wildman–Crippen LogP) is 3.18. The Balaban J connectivity index is 5.88. The average molecular weight is 256 g/mol. The first kappa shape index (κ1) is 16.7. The molecule has 0 aliphatic rings. The second-order valence-electron chi connectivity index (χ2n) is 5.69. The Morgan fingerprint density at radius 3 is 2.00 bits per heavy atom. The van der Waals surface area contributed by atoms with Crippen LogP contribution in [0.15, 0.2) is 12.7 Å². The van der Waals surface area contributed by atoms with Crippen molar-refractivity contribution in [3.63, 3.8) is 0 Å². The molecule has 0 aromatic heterocycles. The molecule has 0 aromatic carbocycles. The highest BCUT2D eigenvalue weighted by Gasteiger charge is 2.55. The zero-order valence-electron chi connectivity index (χ0n) is 11.7. The maximum Gasteiger partial charge on any atom is 0.311 e. The lowest BCUT2D eigenvalue weighted by Gasteiger charge is -2.45. The van der Waals surface area contributed by atoms with Gasteiger partial charge in [-0.2, -0.15) is 0 Å². The molecule has 0 saturated carbocycles. The minimum absolute atomic E-state index is 0.166. The van der Waals surface area contributed by atoms with Crippen LogP contribution >= 0.6 is 0 Å². The van der Waals surface area contributed by atoms with Gasteiger partial charge in [-0.15, -0.1) is 6.58 Å². The zero-order valence-corrected chi connectivity index (χ0v) is 11.7. The van der Waals surface area contributed by atoms with Crippen LogP contribution in [0.5, 0.6) is 0 Å². The SMILES string of the molecule is C=CC[C@@H](C(=O)O)[C@](CCC)(C(=O)O)C(C)(C)C. The highest BCUT2D eigenvalue weighted by Crippen LogP contribution is 2.50. The molecule has 0 aromatic rings. The van der Waals surface area contributed by atoms with Gasteiger partial charge in [-0.3, -0.25) is 9.59 Å². The summed E-state index contributed by atoms with van der Waals surface area (Å²) in [6.07, 6.45) is 2.62. The largest absolute Gasteiger partial charge is 0.481 e. The second kappa shape index (κ2) is 6.03. The lowest BCUT2D eigenvalue weighted by molar-refractivity contribution is -0.173. The number of carbonyl (C=O) groups is 2. The smallest absolute Gasteiger partial charge is 0.311 e. The van der Waals surface area contributed by atoms with E-state index in [2.05, 4.69) is 6.58 Å². The molecule has 0 unspecified atom stereocenters. The Kier molecular flexibility index (Phi) is 5.58. The molecule has 2 N–H and O–H groups in total. The first-order chi connectivity index (χ1) is 8.15. The number of hydrogen-bond donors (Lipinski definition) is 2. The van der Waals surface area contributed by atoms with Gasteiger partial charge in [-0.1, -0.05) is 40.2 Å². The highest BCUT2D eigenvalue weighted by atomic mass is 16.4. The Bertz CT molecular complexity index is 327. The molecule has 0 rings (SSSR count). The summed E-state index contributed by atoms with van der Waals surface area (Å²) in [5, 5.41) is 19.0. The fourth-order valence-electron chi connectivity index (χ4n) is 2.72. The molecule has 0 fully saturated rings. The van der Waals surface area contributed by atoms with Gasteiger partial charge in [0.05, 0.1) is 11.3 Å². The topological polar surface area (TPSA) is 74.6 Å². The fourth-order valence-corrected chi connectivity index (χ4v) is 2.72. The molecule has 4 heteroatoms. The summed E-state index contributed by atoms with van der Waals surface area (Å²) in [5.74, 6) is -3.06. The van der Waals surface area contributed by atoms with E-state index in [0.29, 0.717) is 12.8 Å². The van der Waals surface area contributed by atoms with Crippen LogP contribution in [0.4, 0.5) is 0 Å². The van der Waals surface area contributed by atoms with E-state index >= 15 is 0 Å². The van der Waals surface area contributed by atoms with Gasteiger partial charge in [-0.05, 0) is 18.3 Å². The molecule has 18 heavy (non-hydrogen) atoms. The van der Waals surface area contributed by atoms with Gasteiger partial charge in [0.25, 0.3) is 0 Å². The molecule has 0 saturated heterocycles. The monoisotopic (exact) mass is 256 g/mol. The minimum Gasteiger partial charge on any atom is -0.481 e. The van der Waals surface area contributed by atoms with Gasteiger partial charge in [0, 0.05) is 0 Å². The number of aliphatic carboxylic acids is 2. The summed E-state index contributed by atoms with van der Waals surface area (Å²) in [6.45, 7) is 10.8. The molecule has 2 atom stereocenters. The number of hydrogen-bond acceptors (Lipinski definition) is 2. The van der Waals surface area contributed by atoms with Gasteiger partial charge < -0.3 is 10.2 Å². The van der Waals surface area contributed by atoms with Crippen LogP contribution in [0.25, 0.3) is 0 Å². The number of allylic oxidation sites excluding steroid dienone is 1. The molecule has 0 heterocycles. The van der Waals surface area contributed by atoms with Crippen LogP contribution < -0.4 is 0 Å². The molecule has 0 amide bonds. The van der Waals surface area contributed by atoms with Crippen LogP contribution in [0.2, 0.25) is 0 Å². The van der Waals surface area contributed by atoms with Crippen molar-refractivity contribution in [2.75, 3.05) is 0 Å². The molecular formula is C14H24O4. The van der Waals surface area contributed by atoms with Gasteiger partial charge in [0.15, 0.2) is 0 Å². The van der Waals surface area contributed by atoms with E-state index in [1.54, 1.807) is 20.8 Å². The summed E-state index contributed by atoms with van der Waals surface area (Å²) >= 11 is 0. The standard InChI is InChI=1S/C14H24O4/c1-6-8-10(11(15)16)14(9-7-2,12(17)18)13(3,4)5/h6,10H,1,7-9H2,2-5H3,(H,15,16)(H,17,18)/t10-,14+/m0/s1. The Morgan fingerprint density at radius 2 is 1.78 bits per heavy atom. The number of carboxylic acids is 2.